The molecule has 0 bridgehead atoms. The van der Waals surface area contributed by atoms with Crippen LogP contribution >= 0.6 is 23.7 Å². The van der Waals surface area contributed by atoms with Crippen molar-refractivity contribution >= 4 is 29.7 Å². The number of amides is 1. The van der Waals surface area contributed by atoms with Crippen LogP contribution < -0.4 is 5.73 Å². The minimum Gasteiger partial charge on any atom is -0.381 e. The Morgan fingerprint density at radius 1 is 1.67 bits per heavy atom. The number of thiophene rings is 1. The highest BCUT2D eigenvalue weighted by molar-refractivity contribution is 7.12. The molecule has 1 fully saturated rings. The lowest BCUT2D eigenvalue weighted by atomic mass is 9.99. The molecule has 2 rings (SSSR count). The van der Waals surface area contributed by atoms with Gasteiger partial charge in [0.25, 0.3) is 5.91 Å². The number of hydrogen-bond donors (Lipinski definition) is 1. The molecule has 6 heteroatoms. The van der Waals surface area contributed by atoms with Crippen LogP contribution in [-0.2, 0) is 4.74 Å². The van der Waals surface area contributed by atoms with Gasteiger partial charge in [-0.25, -0.2) is 0 Å². The van der Waals surface area contributed by atoms with E-state index in [1.165, 1.54) is 11.3 Å². The Labute approximate surface area is 118 Å². The zero-order valence-corrected chi connectivity index (χ0v) is 12.0. The second kappa shape index (κ2) is 7.09. The van der Waals surface area contributed by atoms with Gasteiger partial charge >= 0.3 is 0 Å². The van der Waals surface area contributed by atoms with E-state index in [0.717, 1.165) is 24.3 Å². The molecule has 0 radical (unpaired) electrons. The van der Waals surface area contributed by atoms with Gasteiger partial charge in [0.05, 0.1) is 11.0 Å². The van der Waals surface area contributed by atoms with E-state index < -0.39 is 0 Å². The van der Waals surface area contributed by atoms with E-state index in [4.69, 9.17) is 10.5 Å². The molecule has 102 valence electrons. The van der Waals surface area contributed by atoms with Crippen molar-refractivity contribution < 1.29 is 9.53 Å². The molecule has 0 aromatic carbocycles. The fourth-order valence-electron chi connectivity index (χ4n) is 2.26. The number of likely N-dealkylation sites (tertiary alicyclic amines) is 1. The van der Waals surface area contributed by atoms with Gasteiger partial charge in [-0.3, -0.25) is 4.79 Å². The third-order valence-corrected chi connectivity index (χ3v) is 4.12. The highest BCUT2D eigenvalue weighted by Crippen LogP contribution is 2.22. The Balaban J connectivity index is 0.00000162. The molecule has 1 saturated heterocycles. The van der Waals surface area contributed by atoms with Crippen molar-refractivity contribution in [1.29, 1.82) is 0 Å². The summed E-state index contributed by atoms with van der Waals surface area (Å²) in [6.45, 7) is 1.23. The number of halogens is 1. The molecule has 0 saturated carbocycles. The van der Waals surface area contributed by atoms with Crippen LogP contribution in [0.25, 0.3) is 0 Å². The predicted octanol–water partition coefficient (Wildman–Crippen LogP) is 1.75. The van der Waals surface area contributed by atoms with E-state index in [-0.39, 0.29) is 30.5 Å². The summed E-state index contributed by atoms with van der Waals surface area (Å²) in [5, 5.41) is 1.92. The largest absolute Gasteiger partial charge is 0.381 e. The van der Waals surface area contributed by atoms with E-state index in [9.17, 15) is 4.79 Å². The first kappa shape index (κ1) is 15.4. The topological polar surface area (TPSA) is 55.6 Å². The smallest absolute Gasteiger partial charge is 0.264 e. The molecule has 1 aromatic heterocycles. The number of rotatable bonds is 3. The zero-order chi connectivity index (χ0) is 12.3. The average Bonchev–Trinajstić information content (AvgIpc) is 2.91. The number of piperidine rings is 1. The van der Waals surface area contributed by atoms with Crippen LogP contribution in [0, 0.1) is 0 Å². The summed E-state index contributed by atoms with van der Waals surface area (Å²) in [6, 6.07) is 3.86. The maximum absolute atomic E-state index is 12.3. The van der Waals surface area contributed by atoms with Crippen molar-refractivity contribution in [3.05, 3.63) is 22.4 Å². The van der Waals surface area contributed by atoms with E-state index in [1.54, 1.807) is 7.11 Å². The third-order valence-electron chi connectivity index (χ3n) is 3.27. The fourth-order valence-corrected chi connectivity index (χ4v) is 2.94. The van der Waals surface area contributed by atoms with Gasteiger partial charge in [-0.15, -0.1) is 23.7 Å². The fraction of sp³-hybridized carbons (Fsp3) is 0.583. The Hall–Kier alpha value is -0.620. The Kier molecular flexibility index (Phi) is 6.08. The number of nitrogens with zero attached hydrogens (tertiary/aromatic N) is 1. The van der Waals surface area contributed by atoms with Gasteiger partial charge in [0.15, 0.2) is 0 Å². The van der Waals surface area contributed by atoms with Crippen molar-refractivity contribution in [2.45, 2.75) is 25.0 Å². The SMILES string of the molecule is COC1CCN(C(=O)c2cccs2)C(CN)C1.Cl. The molecule has 1 aliphatic heterocycles. The first-order chi connectivity index (χ1) is 8.26. The summed E-state index contributed by atoms with van der Waals surface area (Å²) < 4.78 is 5.35. The molecule has 2 N–H and O–H groups in total. The third kappa shape index (κ3) is 3.23. The molecule has 18 heavy (non-hydrogen) atoms. The van der Waals surface area contributed by atoms with Crippen LogP contribution in [0.15, 0.2) is 17.5 Å². The van der Waals surface area contributed by atoms with Crippen LogP contribution in [0.1, 0.15) is 22.5 Å². The number of carbonyl (C=O) groups excluding carboxylic acids is 1. The lowest BCUT2D eigenvalue weighted by molar-refractivity contribution is 0.0141. The highest BCUT2D eigenvalue weighted by atomic mass is 35.5. The summed E-state index contributed by atoms with van der Waals surface area (Å²) in [5.74, 6) is 0.102. The summed E-state index contributed by atoms with van der Waals surface area (Å²) in [5.41, 5.74) is 5.76. The van der Waals surface area contributed by atoms with Gasteiger partial charge in [-0.05, 0) is 24.3 Å². The molecule has 2 unspecified atom stereocenters. The Bertz CT molecular complexity index is 372. The monoisotopic (exact) mass is 290 g/mol. The molecule has 0 spiro atoms. The molecule has 2 heterocycles. The van der Waals surface area contributed by atoms with Gasteiger partial charge in [0.1, 0.15) is 0 Å². The second-order valence-corrected chi connectivity index (χ2v) is 5.20. The van der Waals surface area contributed by atoms with Crippen LogP contribution in [0.3, 0.4) is 0 Å². The van der Waals surface area contributed by atoms with Crippen molar-refractivity contribution in [2.24, 2.45) is 5.73 Å². The van der Waals surface area contributed by atoms with Crippen molar-refractivity contribution in [3.8, 4) is 0 Å². The lowest BCUT2D eigenvalue weighted by Gasteiger charge is -2.38. The lowest BCUT2D eigenvalue weighted by Crippen LogP contribution is -2.51. The summed E-state index contributed by atoms with van der Waals surface area (Å²) in [7, 11) is 1.72. The highest BCUT2D eigenvalue weighted by Gasteiger charge is 2.31. The van der Waals surface area contributed by atoms with Gasteiger partial charge in [0, 0.05) is 26.2 Å². The molecule has 1 amide bonds. The van der Waals surface area contributed by atoms with Crippen molar-refractivity contribution in [2.75, 3.05) is 20.2 Å². The number of ether oxygens (including phenoxy) is 1. The number of nitrogens with two attached hydrogens (primary N) is 1. The van der Waals surface area contributed by atoms with Gasteiger partial charge < -0.3 is 15.4 Å². The first-order valence-corrected chi connectivity index (χ1v) is 6.71. The van der Waals surface area contributed by atoms with E-state index in [2.05, 4.69) is 0 Å². The summed E-state index contributed by atoms with van der Waals surface area (Å²) >= 11 is 1.48. The maximum Gasteiger partial charge on any atom is 0.264 e. The van der Waals surface area contributed by atoms with Crippen LogP contribution in [-0.4, -0.2) is 43.2 Å². The van der Waals surface area contributed by atoms with Crippen LogP contribution in [0.4, 0.5) is 0 Å². The van der Waals surface area contributed by atoms with E-state index in [0.29, 0.717) is 6.54 Å². The van der Waals surface area contributed by atoms with Crippen LogP contribution in [0.5, 0.6) is 0 Å². The van der Waals surface area contributed by atoms with Gasteiger partial charge in [0.2, 0.25) is 0 Å². The van der Waals surface area contributed by atoms with Gasteiger partial charge in [-0.1, -0.05) is 6.07 Å². The standard InChI is InChI=1S/C12H18N2O2S.ClH/c1-16-10-4-5-14(9(7-10)8-13)12(15)11-3-2-6-17-11;/h2-3,6,9-10H,4-5,7-8,13H2,1H3;1H. The Morgan fingerprint density at radius 2 is 2.44 bits per heavy atom. The predicted molar refractivity (Wildman–Crippen MR) is 75.5 cm³/mol. The molecular formula is C12H19ClN2O2S. The quantitative estimate of drug-likeness (QED) is 0.923. The first-order valence-electron chi connectivity index (χ1n) is 5.83. The van der Waals surface area contributed by atoms with Crippen molar-refractivity contribution in [3.63, 3.8) is 0 Å². The molecular weight excluding hydrogens is 272 g/mol. The molecule has 2 atom stereocenters. The second-order valence-electron chi connectivity index (χ2n) is 4.25. The minimum atomic E-state index is 0. The van der Waals surface area contributed by atoms with E-state index in [1.807, 2.05) is 22.4 Å². The molecule has 1 aliphatic rings. The number of carbonyl (C=O) groups is 1. The molecule has 4 nitrogen and oxygen atoms in total. The normalized spacial score (nSPS) is 23.6. The summed E-state index contributed by atoms with van der Waals surface area (Å²) in [4.78, 5) is 14.9. The zero-order valence-electron chi connectivity index (χ0n) is 10.4. The van der Waals surface area contributed by atoms with Crippen molar-refractivity contribution in [1.82, 2.24) is 4.90 Å². The van der Waals surface area contributed by atoms with Crippen LogP contribution in [0.2, 0.25) is 0 Å². The Morgan fingerprint density at radius 3 is 3.00 bits per heavy atom. The molecule has 1 aromatic rings. The maximum atomic E-state index is 12.3. The number of hydrogen-bond acceptors (Lipinski definition) is 4. The summed E-state index contributed by atoms with van der Waals surface area (Å²) in [6.07, 6.45) is 1.96. The molecule has 0 aliphatic carbocycles. The number of methoxy groups -OCH3 is 1. The minimum absolute atomic E-state index is 0. The van der Waals surface area contributed by atoms with Gasteiger partial charge in [-0.2, -0.15) is 0 Å². The average molecular weight is 291 g/mol. The van der Waals surface area contributed by atoms with E-state index >= 15 is 0 Å².